The Balaban J connectivity index is 1.67. The van der Waals surface area contributed by atoms with Gasteiger partial charge in [0.2, 0.25) is 12.7 Å². The molecule has 1 amide bonds. The topological polar surface area (TPSA) is 75.3 Å². The van der Waals surface area contributed by atoms with Crippen LogP contribution in [-0.2, 0) is 14.9 Å². The first-order chi connectivity index (χ1) is 13.7. The molecule has 0 spiro atoms. The first-order valence-corrected chi connectivity index (χ1v) is 9.17. The molecule has 1 fully saturated rings. The van der Waals surface area contributed by atoms with Crippen LogP contribution in [0.2, 0.25) is 0 Å². The molecule has 0 atom stereocenters. The van der Waals surface area contributed by atoms with Crippen molar-refractivity contribution in [3.8, 4) is 23.0 Å². The SMILES string of the molecule is COc1ccc(NC(=O)C2(c3ccc4c(c3)OCO4)CCOCC2)c(OC)c1. The number of hydrogen-bond acceptors (Lipinski definition) is 6. The molecule has 0 unspecified atom stereocenters. The van der Waals surface area contributed by atoms with Crippen LogP contribution < -0.4 is 24.3 Å². The summed E-state index contributed by atoms with van der Waals surface area (Å²) < 4.78 is 27.1. The predicted octanol–water partition coefficient (Wildman–Crippen LogP) is 3.12. The Hall–Kier alpha value is -2.93. The molecule has 28 heavy (non-hydrogen) atoms. The van der Waals surface area contributed by atoms with E-state index in [0.717, 1.165) is 5.56 Å². The van der Waals surface area contributed by atoms with Crippen LogP contribution in [0.4, 0.5) is 5.69 Å². The number of nitrogens with one attached hydrogen (secondary N) is 1. The maximum absolute atomic E-state index is 13.5. The van der Waals surface area contributed by atoms with Crippen LogP contribution in [0.25, 0.3) is 0 Å². The van der Waals surface area contributed by atoms with E-state index >= 15 is 0 Å². The van der Waals surface area contributed by atoms with Crippen molar-refractivity contribution in [1.29, 1.82) is 0 Å². The van der Waals surface area contributed by atoms with Crippen molar-refractivity contribution in [3.63, 3.8) is 0 Å². The van der Waals surface area contributed by atoms with Crippen molar-refractivity contribution in [1.82, 2.24) is 0 Å². The fraction of sp³-hybridized carbons (Fsp3) is 0.381. The van der Waals surface area contributed by atoms with Gasteiger partial charge >= 0.3 is 0 Å². The van der Waals surface area contributed by atoms with E-state index in [1.807, 2.05) is 18.2 Å². The minimum absolute atomic E-state index is 0.0990. The Bertz CT molecular complexity index is 875. The second kappa shape index (κ2) is 7.59. The number of methoxy groups -OCH3 is 2. The molecule has 1 N–H and O–H groups in total. The van der Waals surface area contributed by atoms with E-state index in [9.17, 15) is 4.79 Å². The normalized spacial score (nSPS) is 17.1. The summed E-state index contributed by atoms with van der Waals surface area (Å²) in [6.07, 6.45) is 1.16. The van der Waals surface area contributed by atoms with Crippen molar-refractivity contribution >= 4 is 11.6 Å². The predicted molar refractivity (Wildman–Crippen MR) is 102 cm³/mol. The molecule has 0 aliphatic carbocycles. The molecule has 7 nitrogen and oxygen atoms in total. The molecule has 2 aliphatic heterocycles. The summed E-state index contributed by atoms with van der Waals surface area (Å²) in [7, 11) is 3.15. The van der Waals surface area contributed by atoms with E-state index in [1.165, 1.54) is 0 Å². The maximum Gasteiger partial charge on any atom is 0.235 e. The molecule has 0 aromatic heterocycles. The quantitative estimate of drug-likeness (QED) is 0.852. The van der Waals surface area contributed by atoms with Crippen LogP contribution in [-0.4, -0.2) is 40.1 Å². The van der Waals surface area contributed by atoms with Gasteiger partial charge in [-0.1, -0.05) is 6.07 Å². The standard InChI is InChI=1S/C21H23NO6/c1-24-15-4-5-16(18(12-15)25-2)22-20(23)21(7-9-26-10-8-21)14-3-6-17-19(11-14)28-13-27-17/h3-6,11-12H,7-10,13H2,1-2H3,(H,22,23). The number of hydrogen-bond donors (Lipinski definition) is 1. The van der Waals surface area contributed by atoms with Crippen LogP contribution >= 0.6 is 0 Å². The van der Waals surface area contributed by atoms with Gasteiger partial charge in [-0.3, -0.25) is 4.79 Å². The highest BCUT2D eigenvalue weighted by atomic mass is 16.7. The van der Waals surface area contributed by atoms with Crippen LogP contribution in [0.1, 0.15) is 18.4 Å². The molecule has 0 bridgehead atoms. The zero-order valence-corrected chi connectivity index (χ0v) is 15.9. The molecule has 2 aromatic rings. The van der Waals surface area contributed by atoms with Gasteiger partial charge in [-0.25, -0.2) is 0 Å². The Morgan fingerprint density at radius 1 is 1.00 bits per heavy atom. The molecule has 2 heterocycles. The Morgan fingerprint density at radius 3 is 2.54 bits per heavy atom. The Morgan fingerprint density at radius 2 is 1.79 bits per heavy atom. The third kappa shape index (κ3) is 3.22. The van der Waals surface area contributed by atoms with Crippen LogP contribution in [0, 0.1) is 0 Å². The van der Waals surface area contributed by atoms with E-state index in [1.54, 1.807) is 32.4 Å². The number of carbonyl (C=O) groups is 1. The lowest BCUT2D eigenvalue weighted by Gasteiger charge is -2.36. The van der Waals surface area contributed by atoms with E-state index in [4.69, 9.17) is 23.7 Å². The van der Waals surface area contributed by atoms with Gasteiger partial charge in [0.1, 0.15) is 11.5 Å². The van der Waals surface area contributed by atoms with E-state index < -0.39 is 5.41 Å². The van der Waals surface area contributed by atoms with E-state index in [0.29, 0.717) is 54.7 Å². The first kappa shape index (κ1) is 18.4. The zero-order valence-electron chi connectivity index (χ0n) is 15.9. The van der Waals surface area contributed by atoms with Crippen molar-refractivity contribution < 1.29 is 28.5 Å². The smallest absolute Gasteiger partial charge is 0.235 e. The number of carbonyl (C=O) groups excluding carboxylic acids is 1. The van der Waals surface area contributed by atoms with Gasteiger partial charge in [0.15, 0.2) is 11.5 Å². The van der Waals surface area contributed by atoms with Gasteiger partial charge in [-0.15, -0.1) is 0 Å². The highest BCUT2D eigenvalue weighted by molar-refractivity contribution is 6.00. The van der Waals surface area contributed by atoms with E-state index in [2.05, 4.69) is 5.32 Å². The number of anilines is 1. The third-order valence-corrected chi connectivity index (χ3v) is 5.36. The van der Waals surface area contributed by atoms with Gasteiger partial charge in [0.25, 0.3) is 0 Å². The van der Waals surface area contributed by atoms with Crippen molar-refractivity contribution in [2.75, 3.05) is 39.5 Å². The first-order valence-electron chi connectivity index (χ1n) is 9.17. The summed E-state index contributed by atoms with van der Waals surface area (Å²) in [5.74, 6) is 2.46. The minimum Gasteiger partial charge on any atom is -0.497 e. The van der Waals surface area contributed by atoms with Crippen molar-refractivity contribution in [3.05, 3.63) is 42.0 Å². The van der Waals surface area contributed by atoms with Gasteiger partial charge in [0.05, 0.1) is 25.3 Å². The maximum atomic E-state index is 13.5. The van der Waals surface area contributed by atoms with Crippen LogP contribution in [0.15, 0.2) is 36.4 Å². The number of benzene rings is 2. The fourth-order valence-electron chi connectivity index (χ4n) is 3.70. The number of rotatable bonds is 5. The number of ether oxygens (including phenoxy) is 5. The van der Waals surface area contributed by atoms with Gasteiger partial charge in [-0.05, 0) is 42.7 Å². The lowest BCUT2D eigenvalue weighted by Crippen LogP contribution is -2.44. The van der Waals surface area contributed by atoms with E-state index in [-0.39, 0.29) is 12.7 Å². The fourth-order valence-corrected chi connectivity index (χ4v) is 3.70. The van der Waals surface area contributed by atoms with Crippen molar-refractivity contribution in [2.24, 2.45) is 0 Å². The second-order valence-corrected chi connectivity index (χ2v) is 6.78. The summed E-state index contributed by atoms with van der Waals surface area (Å²) >= 11 is 0. The average Bonchev–Trinajstić information content (AvgIpc) is 3.22. The number of fused-ring (bicyclic) bond motifs is 1. The largest absolute Gasteiger partial charge is 0.497 e. The lowest BCUT2D eigenvalue weighted by molar-refractivity contribution is -0.125. The van der Waals surface area contributed by atoms with Crippen molar-refractivity contribution in [2.45, 2.75) is 18.3 Å². The molecule has 7 heteroatoms. The van der Waals surface area contributed by atoms with Crippen LogP contribution in [0.5, 0.6) is 23.0 Å². The average molecular weight is 385 g/mol. The summed E-state index contributed by atoms with van der Waals surface area (Å²) in [6.45, 7) is 1.23. The number of amides is 1. The van der Waals surface area contributed by atoms with Gasteiger partial charge in [-0.2, -0.15) is 0 Å². The zero-order chi connectivity index (χ0) is 19.6. The highest BCUT2D eigenvalue weighted by Gasteiger charge is 2.42. The molecule has 0 saturated carbocycles. The molecular formula is C21H23NO6. The summed E-state index contributed by atoms with van der Waals surface area (Å²) in [4.78, 5) is 13.5. The monoisotopic (exact) mass is 385 g/mol. The molecule has 1 saturated heterocycles. The molecule has 4 rings (SSSR count). The summed E-state index contributed by atoms with van der Waals surface area (Å²) in [5.41, 5.74) is 0.773. The molecule has 148 valence electrons. The Kier molecular flexibility index (Phi) is 5.00. The second-order valence-electron chi connectivity index (χ2n) is 6.78. The molecular weight excluding hydrogens is 362 g/mol. The third-order valence-electron chi connectivity index (χ3n) is 5.36. The lowest BCUT2D eigenvalue weighted by atomic mass is 9.73. The highest BCUT2D eigenvalue weighted by Crippen LogP contribution is 2.42. The van der Waals surface area contributed by atoms with Gasteiger partial charge < -0.3 is 29.0 Å². The molecule has 0 radical (unpaired) electrons. The van der Waals surface area contributed by atoms with Crippen LogP contribution in [0.3, 0.4) is 0 Å². The van der Waals surface area contributed by atoms with Gasteiger partial charge in [0, 0.05) is 19.3 Å². The molecule has 2 aromatic carbocycles. The Labute approximate surface area is 163 Å². The summed E-state index contributed by atoms with van der Waals surface area (Å²) in [5, 5.41) is 3.04. The molecule has 2 aliphatic rings. The summed E-state index contributed by atoms with van der Waals surface area (Å²) in [6, 6.07) is 11.0. The minimum atomic E-state index is -0.718.